The maximum Gasteiger partial charge on any atom is 0.327 e. The Balaban J connectivity index is 0.000000367. The minimum absolute atomic E-state index is 0.0606. The largest absolute Gasteiger partial charge is 0.508 e. The van der Waals surface area contributed by atoms with Crippen LogP contribution in [0, 0.1) is 0 Å². The first-order valence-electron chi connectivity index (χ1n) is 10.4. The van der Waals surface area contributed by atoms with Crippen LogP contribution in [0.1, 0.15) is 32.4 Å². The molecule has 2 saturated heterocycles. The number of hydrogen-bond donors (Lipinski definition) is 7. The Kier molecular flexibility index (Phi) is 9.03. The number of β-lactam (4-membered cyclic amide) rings is 1. The first-order valence-corrected chi connectivity index (χ1v) is 11.9. The second-order valence-electron chi connectivity index (χ2n) is 8.43. The van der Waals surface area contributed by atoms with Gasteiger partial charge in [-0.25, -0.2) is 9.59 Å². The molecule has 2 heterocycles. The number of carboxylic acids is 2. The van der Waals surface area contributed by atoms with Crippen LogP contribution in [0.4, 0.5) is 0 Å². The number of nitrogens with one attached hydrogen (secondary N) is 2. The Bertz CT molecular complexity index is 1000. The summed E-state index contributed by atoms with van der Waals surface area (Å²) in [7, 11) is 0. The number of carbonyl (C=O) groups excluding carboxylic acids is 3. The molecule has 0 aliphatic carbocycles. The lowest BCUT2D eigenvalue weighted by Gasteiger charge is -2.43. The van der Waals surface area contributed by atoms with Gasteiger partial charge in [0.05, 0.1) is 0 Å². The summed E-state index contributed by atoms with van der Waals surface area (Å²) in [6, 6.07) is 2.33. The molecule has 0 spiro atoms. The highest BCUT2D eigenvalue weighted by Crippen LogP contribution is 2.50. The molecule has 0 saturated carbocycles. The Hall–Kier alpha value is -2.97. The summed E-state index contributed by atoms with van der Waals surface area (Å²) in [6.07, 6.45) is 0. The van der Waals surface area contributed by atoms with Gasteiger partial charge in [0.15, 0.2) is 0 Å². The molecule has 2 aliphatic heterocycles. The van der Waals surface area contributed by atoms with Crippen LogP contribution in [0.5, 0.6) is 5.75 Å². The number of thioether (sulfide) groups is 1. The van der Waals surface area contributed by atoms with Crippen LogP contribution in [-0.4, -0.2) is 83.9 Å². The predicted molar refractivity (Wildman–Crippen MR) is 130 cm³/mol. The molecule has 0 bridgehead atoms. The lowest BCUT2D eigenvalue weighted by molar-refractivity contribution is -0.161. The topological polar surface area (TPSA) is 199 Å². The van der Waals surface area contributed by atoms with Gasteiger partial charge in [-0.3, -0.25) is 14.4 Å². The third-order valence-electron chi connectivity index (χ3n) is 5.37. The zero-order valence-electron chi connectivity index (χ0n) is 19.2. The van der Waals surface area contributed by atoms with E-state index < -0.39 is 58.0 Å². The molecule has 7 N–H and O–H groups in total. The molecule has 3 amide bonds. The van der Waals surface area contributed by atoms with Crippen LogP contribution >= 0.6 is 24.4 Å². The fraction of sp³-hybridized carbons (Fsp3) is 0.476. The standard InChI is InChI=1S/C16H19N3O5S.C5H9NO3S/c1-16(2)11(15(23)24)19-13(22)10(14(19)25-16)18-12(21)9(17)7-3-5-8(20)6-4-7;1-3(7)6-4(2-10)5(8)9/h3-6,9-11,14,20H,17H2,1-2H3,(H,18,21)(H,23,24);4,10H,2H2,1H3,(H,6,7)(H,8,9)/t9-,10-,11+,14-;4-/m10/s1. The number of thiol groups is 1. The number of phenols is 1. The van der Waals surface area contributed by atoms with Gasteiger partial charge in [-0.2, -0.15) is 12.6 Å². The number of nitrogens with two attached hydrogens (primary N) is 1. The normalized spacial score (nSPS) is 23.5. The fourth-order valence-electron chi connectivity index (χ4n) is 3.65. The lowest BCUT2D eigenvalue weighted by atomic mass is 9.95. The average molecular weight is 529 g/mol. The molecule has 1 aromatic rings. The summed E-state index contributed by atoms with van der Waals surface area (Å²) < 4.78 is -0.648. The van der Waals surface area contributed by atoms with Crippen molar-refractivity contribution in [1.82, 2.24) is 15.5 Å². The van der Waals surface area contributed by atoms with E-state index in [1.54, 1.807) is 13.8 Å². The van der Waals surface area contributed by atoms with E-state index >= 15 is 0 Å². The minimum Gasteiger partial charge on any atom is -0.508 e. The van der Waals surface area contributed by atoms with E-state index in [0.29, 0.717) is 5.56 Å². The molecule has 14 heteroatoms. The Morgan fingerprint density at radius 1 is 1.20 bits per heavy atom. The number of hydrogen-bond acceptors (Lipinski definition) is 9. The maximum absolute atomic E-state index is 12.3. The number of amides is 3. The van der Waals surface area contributed by atoms with Crippen molar-refractivity contribution in [3.8, 4) is 5.75 Å². The SMILES string of the molecule is CC(=O)N[C@@H](CS)C(=O)O.CC1(C)S[C@@H]2[C@H](NC(=O)[C@H](N)c3ccc(O)cc3)C(=O)N2[C@H]1C(=O)O. The summed E-state index contributed by atoms with van der Waals surface area (Å²) in [5.41, 5.74) is 6.41. The summed E-state index contributed by atoms with van der Waals surface area (Å²) in [5.74, 6) is -3.26. The number of carboxylic acid groups (broad SMARTS) is 2. The van der Waals surface area contributed by atoms with Crippen molar-refractivity contribution in [1.29, 1.82) is 0 Å². The second kappa shape index (κ2) is 11.2. The highest BCUT2D eigenvalue weighted by Gasteiger charge is 2.64. The molecule has 192 valence electrons. The van der Waals surface area contributed by atoms with E-state index in [-0.39, 0.29) is 17.4 Å². The molecule has 2 aliphatic rings. The maximum atomic E-state index is 12.3. The molecule has 2 fully saturated rings. The average Bonchev–Trinajstić information content (AvgIpc) is 3.03. The van der Waals surface area contributed by atoms with Gasteiger partial charge in [0.2, 0.25) is 17.7 Å². The van der Waals surface area contributed by atoms with Crippen LogP contribution in [-0.2, 0) is 24.0 Å². The van der Waals surface area contributed by atoms with Crippen molar-refractivity contribution < 1.29 is 39.3 Å². The number of benzene rings is 1. The quantitative estimate of drug-likeness (QED) is 0.179. The van der Waals surface area contributed by atoms with Crippen molar-refractivity contribution in [2.75, 3.05) is 5.75 Å². The van der Waals surface area contributed by atoms with Crippen molar-refractivity contribution in [3.63, 3.8) is 0 Å². The number of phenolic OH excluding ortho intramolecular Hbond substituents is 1. The van der Waals surface area contributed by atoms with E-state index in [9.17, 15) is 34.2 Å². The Morgan fingerprint density at radius 3 is 2.20 bits per heavy atom. The number of carbonyl (C=O) groups is 5. The van der Waals surface area contributed by atoms with Gasteiger partial charge in [-0.05, 0) is 31.5 Å². The summed E-state index contributed by atoms with van der Waals surface area (Å²) in [4.78, 5) is 58.0. The summed E-state index contributed by atoms with van der Waals surface area (Å²) in [6.45, 7) is 4.80. The molecule has 0 aromatic heterocycles. The summed E-state index contributed by atoms with van der Waals surface area (Å²) in [5, 5.41) is 31.4. The lowest BCUT2D eigenvalue weighted by Crippen LogP contribution is -2.71. The van der Waals surface area contributed by atoms with Gasteiger partial charge in [-0.1, -0.05) is 12.1 Å². The molecule has 35 heavy (non-hydrogen) atoms. The van der Waals surface area contributed by atoms with Gasteiger partial charge in [0.25, 0.3) is 0 Å². The van der Waals surface area contributed by atoms with Crippen LogP contribution < -0.4 is 16.4 Å². The first-order chi connectivity index (χ1) is 16.2. The number of nitrogens with zero attached hydrogens (tertiary/aromatic N) is 1. The predicted octanol–water partition coefficient (Wildman–Crippen LogP) is -0.471. The van der Waals surface area contributed by atoms with Gasteiger partial charge in [0, 0.05) is 17.4 Å². The molecule has 3 rings (SSSR count). The number of rotatable bonds is 7. The molecule has 5 atom stereocenters. The highest BCUT2D eigenvalue weighted by atomic mass is 32.2. The molecule has 1 aromatic carbocycles. The number of aromatic hydroxyl groups is 1. The van der Waals surface area contributed by atoms with E-state index in [1.807, 2.05) is 0 Å². The zero-order valence-corrected chi connectivity index (χ0v) is 20.9. The van der Waals surface area contributed by atoms with Gasteiger partial charge in [-0.15, -0.1) is 11.8 Å². The van der Waals surface area contributed by atoms with E-state index in [2.05, 4.69) is 23.3 Å². The van der Waals surface area contributed by atoms with Crippen molar-refractivity contribution in [2.45, 2.75) is 55.1 Å². The zero-order chi connectivity index (χ0) is 26.7. The molecule has 0 radical (unpaired) electrons. The summed E-state index contributed by atoms with van der Waals surface area (Å²) >= 11 is 5.09. The first kappa shape index (κ1) is 28.3. The van der Waals surface area contributed by atoms with Crippen LogP contribution in [0.25, 0.3) is 0 Å². The third kappa shape index (κ3) is 6.38. The van der Waals surface area contributed by atoms with Crippen LogP contribution in [0.3, 0.4) is 0 Å². The van der Waals surface area contributed by atoms with Gasteiger partial charge >= 0.3 is 11.9 Å². The van der Waals surface area contributed by atoms with Crippen molar-refractivity contribution >= 4 is 54.1 Å². The van der Waals surface area contributed by atoms with E-state index in [4.69, 9.17) is 10.8 Å². The monoisotopic (exact) mass is 528 g/mol. The second-order valence-corrected chi connectivity index (χ2v) is 10.6. The fourth-order valence-corrected chi connectivity index (χ4v) is 5.53. The Morgan fingerprint density at radius 2 is 1.77 bits per heavy atom. The van der Waals surface area contributed by atoms with E-state index in [0.717, 1.165) is 0 Å². The number of fused-ring (bicyclic) bond motifs is 1. The van der Waals surface area contributed by atoms with E-state index in [1.165, 1.54) is 47.9 Å². The van der Waals surface area contributed by atoms with Crippen LogP contribution in [0.15, 0.2) is 24.3 Å². The third-order valence-corrected chi connectivity index (χ3v) is 7.30. The van der Waals surface area contributed by atoms with Gasteiger partial charge in [0.1, 0.15) is 35.3 Å². The minimum atomic E-state index is -1.06. The molecule has 12 nitrogen and oxygen atoms in total. The molecular weight excluding hydrogens is 500 g/mol. The molecular formula is C21H28N4O8S2. The van der Waals surface area contributed by atoms with Crippen molar-refractivity contribution in [2.24, 2.45) is 5.73 Å². The molecule has 0 unspecified atom stereocenters. The van der Waals surface area contributed by atoms with Crippen LogP contribution in [0.2, 0.25) is 0 Å². The van der Waals surface area contributed by atoms with Crippen molar-refractivity contribution in [3.05, 3.63) is 29.8 Å². The Labute approximate surface area is 211 Å². The smallest absolute Gasteiger partial charge is 0.327 e. The van der Waals surface area contributed by atoms with Gasteiger partial charge < -0.3 is 36.6 Å². The highest BCUT2D eigenvalue weighted by molar-refractivity contribution is 8.01. The number of aliphatic carboxylic acids is 2.